The van der Waals surface area contributed by atoms with Crippen LogP contribution in [0.1, 0.15) is 5.56 Å². The van der Waals surface area contributed by atoms with E-state index in [-0.39, 0.29) is 0 Å². The van der Waals surface area contributed by atoms with Gasteiger partial charge in [-0.05, 0) is 30.0 Å². The zero-order valence-electron chi connectivity index (χ0n) is 11.7. The molecule has 2 nitrogen and oxygen atoms in total. The maximum Gasteiger partial charge on any atom is 0.124 e. The number of hydrogen-bond donors (Lipinski definition) is 1. The minimum absolute atomic E-state index is 0.557. The Hall–Kier alpha value is -1.62. The molecule has 2 N–H and O–H groups in total. The highest BCUT2D eigenvalue weighted by atomic mass is 32.2. The molecule has 0 amide bonds. The van der Waals surface area contributed by atoms with Crippen LogP contribution in [0.2, 0.25) is 0 Å². The molecule has 3 aromatic rings. The van der Waals surface area contributed by atoms with Crippen molar-refractivity contribution in [2.24, 2.45) is 5.73 Å². The summed E-state index contributed by atoms with van der Waals surface area (Å²) in [7, 11) is 0. The average Bonchev–Trinajstić information content (AvgIpc) is 3.05. The molecule has 3 rings (SSSR count). The lowest BCUT2D eigenvalue weighted by atomic mass is 10.1. The average molecular weight is 312 g/mol. The van der Waals surface area contributed by atoms with Crippen LogP contribution in [0.4, 0.5) is 0 Å². The Balaban J connectivity index is 1.91. The van der Waals surface area contributed by atoms with Gasteiger partial charge in [0.25, 0.3) is 0 Å². The highest BCUT2D eigenvalue weighted by Crippen LogP contribution is 2.30. The molecule has 0 spiro atoms. The van der Waals surface area contributed by atoms with Gasteiger partial charge in [-0.15, -0.1) is 23.1 Å². The summed E-state index contributed by atoms with van der Waals surface area (Å²) < 4.78 is 0. The van der Waals surface area contributed by atoms with E-state index in [4.69, 9.17) is 10.7 Å². The molecule has 0 aliphatic rings. The van der Waals surface area contributed by atoms with E-state index in [0.29, 0.717) is 6.54 Å². The van der Waals surface area contributed by atoms with Crippen molar-refractivity contribution < 1.29 is 0 Å². The van der Waals surface area contributed by atoms with Crippen LogP contribution in [0.3, 0.4) is 0 Å². The van der Waals surface area contributed by atoms with Crippen molar-refractivity contribution in [3.63, 3.8) is 0 Å². The number of rotatable bonds is 4. The summed E-state index contributed by atoms with van der Waals surface area (Å²) in [6.07, 6.45) is 2.08. The first-order valence-corrected chi connectivity index (χ1v) is 8.80. The molecule has 0 bridgehead atoms. The molecule has 0 unspecified atom stereocenters. The first-order valence-electron chi connectivity index (χ1n) is 6.69. The van der Waals surface area contributed by atoms with E-state index in [9.17, 15) is 0 Å². The molecule has 0 radical (unpaired) electrons. The maximum absolute atomic E-state index is 5.70. The fourth-order valence-electron chi connectivity index (χ4n) is 2.13. The summed E-state index contributed by atoms with van der Waals surface area (Å²) in [5.74, 6) is 0. The van der Waals surface area contributed by atoms with Crippen molar-refractivity contribution in [1.82, 2.24) is 4.98 Å². The van der Waals surface area contributed by atoms with Crippen LogP contribution < -0.4 is 5.73 Å². The summed E-state index contributed by atoms with van der Waals surface area (Å²) in [6, 6.07) is 16.8. The largest absolute Gasteiger partial charge is 0.326 e. The summed E-state index contributed by atoms with van der Waals surface area (Å²) in [5, 5.41) is 3.16. The quantitative estimate of drug-likeness (QED) is 0.712. The van der Waals surface area contributed by atoms with E-state index in [1.165, 1.54) is 10.5 Å². The molecule has 4 heteroatoms. The SMILES string of the molecule is CSc1ccc(-c2nc(-c3cccc(CN)c3)cs2)cc1. The minimum Gasteiger partial charge on any atom is -0.326 e. The van der Waals surface area contributed by atoms with E-state index < -0.39 is 0 Å². The Labute approximate surface area is 133 Å². The van der Waals surface area contributed by atoms with Crippen LogP contribution in [-0.2, 0) is 6.54 Å². The van der Waals surface area contributed by atoms with Gasteiger partial charge in [0.1, 0.15) is 5.01 Å². The lowest BCUT2D eigenvalue weighted by Crippen LogP contribution is -1.95. The predicted octanol–water partition coefficient (Wildman–Crippen LogP) is 4.66. The zero-order chi connectivity index (χ0) is 14.7. The third-order valence-corrected chi connectivity index (χ3v) is 4.93. The summed E-state index contributed by atoms with van der Waals surface area (Å²) in [6.45, 7) is 0.557. The number of thioether (sulfide) groups is 1. The molecule has 0 aliphatic carbocycles. The standard InChI is InChI=1S/C17H16N2S2/c1-20-15-7-5-13(6-8-15)17-19-16(11-21-17)14-4-2-3-12(9-14)10-18/h2-9,11H,10,18H2,1H3. The first-order chi connectivity index (χ1) is 10.3. The highest BCUT2D eigenvalue weighted by Gasteiger charge is 2.07. The molecule has 1 heterocycles. The number of nitrogens with two attached hydrogens (primary N) is 1. The molecule has 1 aromatic heterocycles. The molecule has 0 fully saturated rings. The number of nitrogens with zero attached hydrogens (tertiary/aromatic N) is 1. The summed E-state index contributed by atoms with van der Waals surface area (Å²) in [5.41, 5.74) is 10.1. The van der Waals surface area contributed by atoms with Gasteiger partial charge in [-0.2, -0.15) is 0 Å². The van der Waals surface area contributed by atoms with Gasteiger partial charge >= 0.3 is 0 Å². The van der Waals surface area contributed by atoms with Gasteiger partial charge in [0.2, 0.25) is 0 Å². The monoisotopic (exact) mass is 312 g/mol. The lowest BCUT2D eigenvalue weighted by molar-refractivity contribution is 1.07. The van der Waals surface area contributed by atoms with Crippen molar-refractivity contribution in [3.05, 3.63) is 59.5 Å². The molecular weight excluding hydrogens is 296 g/mol. The van der Waals surface area contributed by atoms with Crippen LogP contribution in [0.5, 0.6) is 0 Å². The van der Waals surface area contributed by atoms with Crippen molar-refractivity contribution in [1.29, 1.82) is 0 Å². The number of thiazole rings is 1. The molecular formula is C17H16N2S2. The number of aromatic nitrogens is 1. The number of benzene rings is 2. The molecule has 0 aliphatic heterocycles. The third kappa shape index (κ3) is 3.18. The third-order valence-electron chi connectivity index (χ3n) is 3.30. The Morgan fingerprint density at radius 1 is 1.10 bits per heavy atom. The van der Waals surface area contributed by atoms with E-state index in [1.54, 1.807) is 23.1 Å². The Morgan fingerprint density at radius 2 is 1.90 bits per heavy atom. The lowest BCUT2D eigenvalue weighted by Gasteiger charge is -2.01. The molecule has 21 heavy (non-hydrogen) atoms. The van der Waals surface area contributed by atoms with Crippen molar-refractivity contribution in [2.45, 2.75) is 11.4 Å². The molecule has 106 valence electrons. The molecule has 0 saturated heterocycles. The van der Waals surface area contributed by atoms with Gasteiger partial charge in [-0.3, -0.25) is 0 Å². The van der Waals surface area contributed by atoms with Crippen molar-refractivity contribution >= 4 is 23.1 Å². The highest BCUT2D eigenvalue weighted by molar-refractivity contribution is 7.98. The van der Waals surface area contributed by atoms with E-state index >= 15 is 0 Å². The van der Waals surface area contributed by atoms with Crippen molar-refractivity contribution in [2.75, 3.05) is 6.26 Å². The summed E-state index contributed by atoms with van der Waals surface area (Å²) >= 11 is 3.43. The van der Waals surface area contributed by atoms with Crippen LogP contribution in [-0.4, -0.2) is 11.2 Å². The van der Waals surface area contributed by atoms with Crippen LogP contribution in [0.25, 0.3) is 21.8 Å². The van der Waals surface area contributed by atoms with Crippen LogP contribution in [0.15, 0.2) is 58.8 Å². The summed E-state index contributed by atoms with van der Waals surface area (Å²) in [4.78, 5) is 6.02. The van der Waals surface area contributed by atoms with Gasteiger partial charge in [-0.1, -0.05) is 30.3 Å². The minimum atomic E-state index is 0.557. The van der Waals surface area contributed by atoms with Crippen LogP contribution >= 0.6 is 23.1 Å². The second-order valence-electron chi connectivity index (χ2n) is 4.67. The zero-order valence-corrected chi connectivity index (χ0v) is 13.4. The fraction of sp³-hybridized carbons (Fsp3) is 0.118. The molecule has 0 atom stereocenters. The molecule has 2 aromatic carbocycles. The molecule has 0 saturated carbocycles. The van der Waals surface area contributed by atoms with Gasteiger partial charge in [-0.25, -0.2) is 4.98 Å². The van der Waals surface area contributed by atoms with Gasteiger partial charge in [0, 0.05) is 27.9 Å². The Bertz CT molecular complexity index is 733. The second kappa shape index (κ2) is 6.43. The van der Waals surface area contributed by atoms with Crippen LogP contribution in [0, 0.1) is 0 Å². The Kier molecular flexibility index (Phi) is 4.39. The van der Waals surface area contributed by atoms with Gasteiger partial charge in [0.05, 0.1) is 5.69 Å². The normalized spacial score (nSPS) is 10.8. The number of hydrogen-bond acceptors (Lipinski definition) is 4. The van der Waals surface area contributed by atoms with E-state index in [2.05, 4.69) is 48.0 Å². The van der Waals surface area contributed by atoms with Gasteiger partial charge < -0.3 is 5.73 Å². The van der Waals surface area contributed by atoms with E-state index in [0.717, 1.165) is 21.8 Å². The first kappa shape index (κ1) is 14.3. The fourth-order valence-corrected chi connectivity index (χ4v) is 3.37. The topological polar surface area (TPSA) is 38.9 Å². The van der Waals surface area contributed by atoms with Gasteiger partial charge in [0.15, 0.2) is 0 Å². The maximum atomic E-state index is 5.70. The van der Waals surface area contributed by atoms with Crippen molar-refractivity contribution in [3.8, 4) is 21.8 Å². The predicted molar refractivity (Wildman–Crippen MR) is 92.7 cm³/mol. The Morgan fingerprint density at radius 3 is 2.62 bits per heavy atom. The second-order valence-corrected chi connectivity index (χ2v) is 6.41. The smallest absolute Gasteiger partial charge is 0.124 e. The van der Waals surface area contributed by atoms with E-state index in [1.807, 2.05) is 12.1 Å².